The number of rotatable bonds is 6. The maximum atomic E-state index is 12.4. The van der Waals surface area contributed by atoms with E-state index in [0.717, 1.165) is 45.4 Å². The molecule has 142 valence electrons. The van der Waals surface area contributed by atoms with Gasteiger partial charge in [0.25, 0.3) is 0 Å². The van der Waals surface area contributed by atoms with Crippen LogP contribution in [-0.2, 0) is 17.7 Å². The minimum Gasteiger partial charge on any atom is -0.444 e. The largest absolute Gasteiger partial charge is 0.444 e. The van der Waals surface area contributed by atoms with Gasteiger partial charge in [-0.25, -0.2) is 4.79 Å². The summed E-state index contributed by atoms with van der Waals surface area (Å²) in [7, 11) is 0. The van der Waals surface area contributed by atoms with Crippen LogP contribution in [0.2, 0.25) is 0 Å². The first-order chi connectivity index (χ1) is 11.8. The third-order valence-corrected chi connectivity index (χ3v) is 6.16. The molecule has 1 unspecified atom stereocenters. The number of aryl methyl sites for hydroxylation is 1. The van der Waals surface area contributed by atoms with E-state index in [4.69, 9.17) is 4.74 Å². The van der Waals surface area contributed by atoms with Crippen molar-refractivity contribution >= 4 is 17.4 Å². The molecule has 1 atom stereocenters. The SMILES string of the molecule is CCc1ccc(CNCC2(CC)CCCN(C(=O)OC(C)(C)C)C2)s1. The van der Waals surface area contributed by atoms with Gasteiger partial charge in [-0.15, -0.1) is 11.3 Å². The summed E-state index contributed by atoms with van der Waals surface area (Å²) in [5, 5.41) is 3.64. The summed E-state index contributed by atoms with van der Waals surface area (Å²) >= 11 is 1.89. The van der Waals surface area contributed by atoms with Crippen LogP contribution in [-0.4, -0.2) is 36.2 Å². The molecule has 0 aliphatic carbocycles. The fraction of sp³-hybridized carbons (Fsp3) is 0.750. The second kappa shape index (κ2) is 8.54. The van der Waals surface area contributed by atoms with Gasteiger partial charge in [-0.2, -0.15) is 0 Å². The summed E-state index contributed by atoms with van der Waals surface area (Å²) < 4.78 is 5.57. The molecular weight excluding hydrogens is 332 g/mol. The van der Waals surface area contributed by atoms with Crippen LogP contribution in [0, 0.1) is 5.41 Å². The van der Waals surface area contributed by atoms with Crippen molar-refractivity contribution in [3.8, 4) is 0 Å². The Morgan fingerprint density at radius 2 is 2.04 bits per heavy atom. The van der Waals surface area contributed by atoms with Crippen LogP contribution >= 0.6 is 11.3 Å². The lowest BCUT2D eigenvalue weighted by atomic mass is 9.77. The second-order valence-electron chi connectivity index (χ2n) is 8.18. The summed E-state index contributed by atoms with van der Waals surface area (Å²) in [4.78, 5) is 17.2. The monoisotopic (exact) mass is 366 g/mol. The molecule has 1 aliphatic rings. The van der Waals surface area contributed by atoms with E-state index < -0.39 is 5.60 Å². The maximum absolute atomic E-state index is 12.4. The molecule has 1 fully saturated rings. The molecule has 1 N–H and O–H groups in total. The highest BCUT2D eigenvalue weighted by Gasteiger charge is 2.36. The number of piperidine rings is 1. The molecule has 2 heterocycles. The van der Waals surface area contributed by atoms with Crippen molar-refractivity contribution < 1.29 is 9.53 Å². The first kappa shape index (κ1) is 20.2. The maximum Gasteiger partial charge on any atom is 0.410 e. The second-order valence-corrected chi connectivity index (χ2v) is 9.44. The molecule has 0 saturated carbocycles. The first-order valence-electron chi connectivity index (χ1n) is 9.53. The van der Waals surface area contributed by atoms with E-state index in [1.54, 1.807) is 0 Å². The Morgan fingerprint density at radius 1 is 1.32 bits per heavy atom. The van der Waals surface area contributed by atoms with Crippen molar-refractivity contribution in [3.05, 3.63) is 21.9 Å². The van der Waals surface area contributed by atoms with Crippen molar-refractivity contribution in [3.63, 3.8) is 0 Å². The Kier molecular flexibility index (Phi) is 6.92. The third-order valence-electron chi connectivity index (χ3n) is 4.93. The van der Waals surface area contributed by atoms with Crippen molar-refractivity contribution in [2.45, 2.75) is 72.4 Å². The van der Waals surface area contributed by atoms with Crippen LogP contribution in [0.4, 0.5) is 4.79 Å². The lowest BCUT2D eigenvalue weighted by Crippen LogP contribution is -2.51. The summed E-state index contributed by atoms with van der Waals surface area (Å²) in [6.07, 6.45) is 4.22. The van der Waals surface area contributed by atoms with Gasteiger partial charge in [0.15, 0.2) is 0 Å². The summed E-state index contributed by atoms with van der Waals surface area (Å²) in [5.74, 6) is 0. The molecule has 25 heavy (non-hydrogen) atoms. The molecule has 2 rings (SSSR count). The smallest absolute Gasteiger partial charge is 0.410 e. The van der Waals surface area contributed by atoms with Crippen LogP contribution in [0.25, 0.3) is 0 Å². The van der Waals surface area contributed by atoms with Crippen LogP contribution in [0.15, 0.2) is 12.1 Å². The van der Waals surface area contributed by atoms with Crippen molar-refractivity contribution in [2.24, 2.45) is 5.41 Å². The zero-order valence-corrected chi connectivity index (χ0v) is 17.3. The number of carbonyl (C=O) groups is 1. The van der Waals surface area contributed by atoms with E-state index in [1.165, 1.54) is 16.2 Å². The fourth-order valence-electron chi connectivity index (χ4n) is 3.41. The molecule has 1 amide bonds. The van der Waals surface area contributed by atoms with E-state index in [-0.39, 0.29) is 11.5 Å². The number of amides is 1. The molecule has 1 aromatic rings. The molecule has 0 aromatic carbocycles. The van der Waals surface area contributed by atoms with Gasteiger partial charge in [0.05, 0.1) is 0 Å². The third kappa shape index (κ3) is 6.00. The number of nitrogens with one attached hydrogen (secondary N) is 1. The topological polar surface area (TPSA) is 41.6 Å². The van der Waals surface area contributed by atoms with Crippen LogP contribution < -0.4 is 5.32 Å². The molecule has 5 heteroatoms. The molecule has 1 aromatic heterocycles. The lowest BCUT2D eigenvalue weighted by molar-refractivity contribution is 0.00333. The zero-order chi connectivity index (χ0) is 18.5. The quantitative estimate of drug-likeness (QED) is 0.784. The Balaban J connectivity index is 1.90. The standard InChI is InChI=1S/C20H34N2O2S/c1-6-16-9-10-17(25-16)13-21-14-20(7-2)11-8-12-22(15-20)18(23)24-19(3,4)5/h9-10,21H,6-8,11-15H2,1-5H3. The predicted molar refractivity (Wildman–Crippen MR) is 105 cm³/mol. The number of hydrogen-bond donors (Lipinski definition) is 1. The van der Waals surface area contributed by atoms with Gasteiger partial charge in [-0.1, -0.05) is 13.8 Å². The van der Waals surface area contributed by atoms with E-state index >= 15 is 0 Å². The minimum absolute atomic E-state index is 0.153. The van der Waals surface area contributed by atoms with Gasteiger partial charge < -0.3 is 15.0 Å². The Bertz CT molecular complexity index is 564. The van der Waals surface area contributed by atoms with Crippen molar-refractivity contribution in [1.82, 2.24) is 10.2 Å². The number of likely N-dealkylation sites (tertiary alicyclic amines) is 1. The highest BCUT2D eigenvalue weighted by molar-refractivity contribution is 7.11. The van der Waals surface area contributed by atoms with Gasteiger partial charge in [0.1, 0.15) is 5.60 Å². The number of thiophene rings is 1. The van der Waals surface area contributed by atoms with Gasteiger partial charge in [0.2, 0.25) is 0 Å². The van der Waals surface area contributed by atoms with Crippen LogP contribution in [0.3, 0.4) is 0 Å². The van der Waals surface area contributed by atoms with Crippen LogP contribution in [0.5, 0.6) is 0 Å². The predicted octanol–water partition coefficient (Wildman–Crippen LogP) is 4.83. The van der Waals surface area contributed by atoms with Crippen molar-refractivity contribution in [1.29, 1.82) is 0 Å². The Hall–Kier alpha value is -1.07. The van der Waals surface area contributed by atoms with E-state index in [1.807, 2.05) is 37.0 Å². The van der Waals surface area contributed by atoms with Crippen LogP contribution in [0.1, 0.15) is 63.6 Å². The zero-order valence-electron chi connectivity index (χ0n) is 16.5. The van der Waals surface area contributed by atoms with E-state index in [0.29, 0.717) is 0 Å². The fourth-order valence-corrected chi connectivity index (χ4v) is 4.33. The molecule has 0 spiro atoms. The number of nitrogens with zero attached hydrogens (tertiary/aromatic N) is 1. The minimum atomic E-state index is -0.433. The van der Waals surface area contributed by atoms with Gasteiger partial charge in [0, 0.05) is 41.3 Å². The summed E-state index contributed by atoms with van der Waals surface area (Å²) in [6.45, 7) is 13.7. The number of carbonyl (C=O) groups excluding carboxylic acids is 1. The van der Waals surface area contributed by atoms with Gasteiger partial charge in [-0.05, 0) is 58.6 Å². The lowest BCUT2D eigenvalue weighted by Gasteiger charge is -2.42. The number of hydrogen-bond acceptors (Lipinski definition) is 4. The van der Waals surface area contributed by atoms with Gasteiger partial charge >= 0.3 is 6.09 Å². The highest BCUT2D eigenvalue weighted by atomic mass is 32.1. The van der Waals surface area contributed by atoms with Gasteiger partial charge in [-0.3, -0.25) is 0 Å². The van der Waals surface area contributed by atoms with Crippen molar-refractivity contribution in [2.75, 3.05) is 19.6 Å². The highest BCUT2D eigenvalue weighted by Crippen LogP contribution is 2.33. The Morgan fingerprint density at radius 3 is 2.64 bits per heavy atom. The molecule has 0 radical (unpaired) electrons. The average Bonchev–Trinajstić information content (AvgIpc) is 3.01. The normalized spacial score (nSPS) is 21.4. The molecule has 0 bridgehead atoms. The summed E-state index contributed by atoms with van der Waals surface area (Å²) in [6, 6.07) is 4.45. The number of ether oxygens (including phenoxy) is 1. The summed E-state index contributed by atoms with van der Waals surface area (Å²) in [5.41, 5.74) is -0.280. The first-order valence-corrected chi connectivity index (χ1v) is 10.3. The molecular formula is C20H34N2O2S. The molecule has 1 saturated heterocycles. The van der Waals surface area contributed by atoms with E-state index in [2.05, 4.69) is 31.3 Å². The average molecular weight is 367 g/mol. The Labute approximate surface area is 156 Å². The van der Waals surface area contributed by atoms with E-state index in [9.17, 15) is 4.79 Å². The molecule has 4 nitrogen and oxygen atoms in total. The molecule has 1 aliphatic heterocycles.